The summed E-state index contributed by atoms with van der Waals surface area (Å²) in [5.41, 5.74) is 3.62. The summed E-state index contributed by atoms with van der Waals surface area (Å²) in [4.78, 5) is 34.2. The monoisotopic (exact) mass is 444 g/mol. The summed E-state index contributed by atoms with van der Waals surface area (Å²) in [5, 5.41) is 0. The summed E-state index contributed by atoms with van der Waals surface area (Å²) in [6.07, 6.45) is 10.7. The summed E-state index contributed by atoms with van der Waals surface area (Å²) >= 11 is 0. The largest absolute Gasteiger partial charge is 0.334 e. The Bertz CT molecular complexity index is 1080. The number of para-hydroxylation sites is 1. The second-order valence-electron chi connectivity index (χ2n) is 8.69. The van der Waals surface area contributed by atoms with E-state index in [4.69, 9.17) is 0 Å². The van der Waals surface area contributed by atoms with Crippen molar-refractivity contribution in [1.82, 2.24) is 14.5 Å². The van der Waals surface area contributed by atoms with E-state index in [-0.39, 0.29) is 11.8 Å². The van der Waals surface area contributed by atoms with Crippen LogP contribution in [-0.2, 0) is 17.9 Å². The number of hydrogen-bond acceptors (Lipinski definition) is 3. The highest BCUT2D eigenvalue weighted by atomic mass is 16.2. The molecule has 0 saturated heterocycles. The number of benzene rings is 2. The van der Waals surface area contributed by atoms with Crippen LogP contribution in [0.3, 0.4) is 0 Å². The third-order valence-corrected chi connectivity index (χ3v) is 6.28. The SMILES string of the molecule is CC(=O)N1CCCCCCCN(C(=O)c2ccccc2Cn2ccnc2)Cc2ccccc21. The molecule has 0 fully saturated rings. The molecule has 33 heavy (non-hydrogen) atoms. The first-order valence-corrected chi connectivity index (χ1v) is 11.8. The predicted octanol–water partition coefficient (Wildman–Crippen LogP) is 4.89. The molecule has 0 spiro atoms. The van der Waals surface area contributed by atoms with Crippen LogP contribution in [0.25, 0.3) is 0 Å². The number of rotatable bonds is 3. The summed E-state index contributed by atoms with van der Waals surface area (Å²) in [7, 11) is 0. The van der Waals surface area contributed by atoms with Crippen LogP contribution in [0.15, 0.2) is 67.3 Å². The summed E-state index contributed by atoms with van der Waals surface area (Å²) in [5.74, 6) is 0.0787. The van der Waals surface area contributed by atoms with Gasteiger partial charge in [-0.2, -0.15) is 0 Å². The smallest absolute Gasteiger partial charge is 0.254 e. The fourth-order valence-corrected chi connectivity index (χ4v) is 4.53. The molecule has 0 N–H and O–H groups in total. The topological polar surface area (TPSA) is 58.4 Å². The maximum absolute atomic E-state index is 13.8. The molecule has 3 aromatic rings. The van der Waals surface area contributed by atoms with Gasteiger partial charge in [-0.1, -0.05) is 55.7 Å². The number of aromatic nitrogens is 2. The molecule has 1 aromatic heterocycles. The molecule has 0 unspecified atom stereocenters. The van der Waals surface area contributed by atoms with Gasteiger partial charge in [-0.3, -0.25) is 9.59 Å². The normalized spacial score (nSPS) is 15.3. The van der Waals surface area contributed by atoms with Gasteiger partial charge in [0.25, 0.3) is 5.91 Å². The number of fused-ring (bicyclic) bond motifs is 1. The highest BCUT2D eigenvalue weighted by molar-refractivity contribution is 5.96. The molecule has 1 aliphatic rings. The Morgan fingerprint density at radius 1 is 0.909 bits per heavy atom. The minimum absolute atomic E-state index is 0.0342. The molecule has 6 heteroatoms. The second kappa shape index (κ2) is 10.9. The summed E-state index contributed by atoms with van der Waals surface area (Å²) in [6.45, 7) is 4.13. The Morgan fingerprint density at radius 2 is 1.64 bits per heavy atom. The van der Waals surface area contributed by atoms with Crippen LogP contribution in [0.1, 0.15) is 60.5 Å². The van der Waals surface area contributed by atoms with Gasteiger partial charge < -0.3 is 14.4 Å². The molecule has 1 aliphatic heterocycles. The number of carbonyl (C=O) groups is 2. The standard InChI is InChI=1S/C27H32N4O2/c1-22(32)31-17-10-4-2-3-9-16-30(20-24-12-6-8-14-26(24)31)27(33)25-13-7-5-11-23(25)19-29-18-15-28-21-29/h5-8,11-15,18,21H,2-4,9-10,16-17,19-20H2,1H3. The van der Waals surface area contributed by atoms with E-state index in [9.17, 15) is 9.59 Å². The lowest BCUT2D eigenvalue weighted by molar-refractivity contribution is -0.116. The molecule has 172 valence electrons. The van der Waals surface area contributed by atoms with Crippen molar-refractivity contribution in [2.45, 2.75) is 52.1 Å². The zero-order chi connectivity index (χ0) is 23.0. The molecule has 2 aromatic carbocycles. The van der Waals surface area contributed by atoms with E-state index in [1.54, 1.807) is 19.4 Å². The molecular formula is C27H32N4O2. The van der Waals surface area contributed by atoms with Gasteiger partial charge >= 0.3 is 0 Å². The van der Waals surface area contributed by atoms with Crippen molar-refractivity contribution in [3.8, 4) is 0 Å². The zero-order valence-electron chi connectivity index (χ0n) is 19.3. The van der Waals surface area contributed by atoms with E-state index in [0.29, 0.717) is 26.2 Å². The van der Waals surface area contributed by atoms with E-state index >= 15 is 0 Å². The number of carbonyl (C=O) groups excluding carboxylic acids is 2. The molecule has 2 amide bonds. The number of imidazole rings is 1. The van der Waals surface area contributed by atoms with Crippen LogP contribution >= 0.6 is 0 Å². The second-order valence-corrected chi connectivity index (χ2v) is 8.69. The quantitative estimate of drug-likeness (QED) is 0.578. The summed E-state index contributed by atoms with van der Waals surface area (Å²) in [6, 6.07) is 15.8. The highest BCUT2D eigenvalue weighted by Gasteiger charge is 2.22. The van der Waals surface area contributed by atoms with Crippen LogP contribution in [0.4, 0.5) is 5.69 Å². The van der Waals surface area contributed by atoms with Gasteiger partial charge in [0, 0.05) is 56.7 Å². The molecule has 6 nitrogen and oxygen atoms in total. The average molecular weight is 445 g/mol. The minimum atomic E-state index is 0.0342. The van der Waals surface area contributed by atoms with E-state index in [2.05, 4.69) is 4.98 Å². The van der Waals surface area contributed by atoms with E-state index < -0.39 is 0 Å². The maximum Gasteiger partial charge on any atom is 0.254 e. The lowest BCUT2D eigenvalue weighted by Crippen LogP contribution is -2.35. The van der Waals surface area contributed by atoms with Crippen molar-refractivity contribution in [2.24, 2.45) is 0 Å². The van der Waals surface area contributed by atoms with Crippen molar-refractivity contribution in [1.29, 1.82) is 0 Å². The predicted molar refractivity (Wildman–Crippen MR) is 130 cm³/mol. The highest BCUT2D eigenvalue weighted by Crippen LogP contribution is 2.25. The third-order valence-electron chi connectivity index (χ3n) is 6.28. The molecule has 0 saturated carbocycles. The number of nitrogens with zero attached hydrogens (tertiary/aromatic N) is 4. The lowest BCUT2D eigenvalue weighted by Gasteiger charge is -2.29. The fourth-order valence-electron chi connectivity index (χ4n) is 4.53. The van der Waals surface area contributed by atoms with Crippen molar-refractivity contribution < 1.29 is 9.59 Å². The zero-order valence-corrected chi connectivity index (χ0v) is 19.3. The van der Waals surface area contributed by atoms with Crippen molar-refractivity contribution >= 4 is 17.5 Å². The van der Waals surface area contributed by atoms with E-state index in [1.807, 2.05) is 69.1 Å². The van der Waals surface area contributed by atoms with Gasteiger partial charge in [0.1, 0.15) is 0 Å². The molecule has 0 radical (unpaired) electrons. The van der Waals surface area contributed by atoms with Crippen molar-refractivity contribution in [3.05, 3.63) is 83.9 Å². The van der Waals surface area contributed by atoms with E-state index in [0.717, 1.165) is 54.5 Å². The van der Waals surface area contributed by atoms with Gasteiger partial charge in [-0.05, 0) is 36.1 Å². The number of hydrogen-bond donors (Lipinski definition) is 0. The van der Waals surface area contributed by atoms with Gasteiger partial charge in [0.05, 0.1) is 6.33 Å². The Kier molecular flexibility index (Phi) is 7.55. The first-order chi connectivity index (χ1) is 16.1. The van der Waals surface area contributed by atoms with Gasteiger partial charge in [-0.25, -0.2) is 4.98 Å². The van der Waals surface area contributed by atoms with Crippen LogP contribution in [0.2, 0.25) is 0 Å². The average Bonchev–Trinajstić information content (AvgIpc) is 3.32. The molecule has 0 atom stereocenters. The van der Waals surface area contributed by atoms with Crippen LogP contribution < -0.4 is 4.90 Å². The number of amides is 2. The number of anilines is 1. The molecule has 2 heterocycles. The summed E-state index contributed by atoms with van der Waals surface area (Å²) < 4.78 is 1.97. The Morgan fingerprint density at radius 3 is 2.42 bits per heavy atom. The first kappa shape index (κ1) is 22.8. The lowest BCUT2D eigenvalue weighted by atomic mass is 10.0. The van der Waals surface area contributed by atoms with E-state index in [1.165, 1.54) is 0 Å². The first-order valence-electron chi connectivity index (χ1n) is 11.8. The van der Waals surface area contributed by atoms with Gasteiger partial charge in [0.15, 0.2) is 0 Å². The van der Waals surface area contributed by atoms with Crippen LogP contribution in [0.5, 0.6) is 0 Å². The minimum Gasteiger partial charge on any atom is -0.334 e. The van der Waals surface area contributed by atoms with Crippen molar-refractivity contribution in [2.75, 3.05) is 18.0 Å². The van der Waals surface area contributed by atoms with Crippen molar-refractivity contribution in [3.63, 3.8) is 0 Å². The Labute approximate surface area is 195 Å². The molecule has 0 aliphatic carbocycles. The van der Waals surface area contributed by atoms with Crippen LogP contribution in [0, 0.1) is 0 Å². The van der Waals surface area contributed by atoms with Gasteiger partial charge in [-0.15, -0.1) is 0 Å². The Hall–Kier alpha value is -3.41. The fraction of sp³-hybridized carbons (Fsp3) is 0.370. The van der Waals surface area contributed by atoms with Crippen LogP contribution in [-0.4, -0.2) is 39.4 Å². The molecule has 4 rings (SSSR count). The maximum atomic E-state index is 13.8. The molecular weight excluding hydrogens is 412 g/mol. The molecule has 0 bridgehead atoms. The third kappa shape index (κ3) is 5.69. The Balaban J connectivity index is 1.66. The van der Waals surface area contributed by atoms with Gasteiger partial charge in [0.2, 0.25) is 5.91 Å².